The Kier molecular flexibility index (Phi) is 9.47. The normalized spacial score (nSPS) is 12.8. The monoisotopic (exact) mass is 458 g/mol. The zero-order chi connectivity index (χ0) is 25.5. The van der Waals surface area contributed by atoms with Gasteiger partial charge in [0.2, 0.25) is 11.8 Å². The first kappa shape index (κ1) is 27.5. The molecular formula is C24H34N4O5. The van der Waals surface area contributed by atoms with Crippen LogP contribution in [0.25, 0.3) is 0 Å². The van der Waals surface area contributed by atoms with Gasteiger partial charge in [0, 0.05) is 12.1 Å². The smallest absolute Gasteiger partial charge is 0.408 e. The molecule has 2 atom stereocenters. The van der Waals surface area contributed by atoms with Gasteiger partial charge >= 0.3 is 6.09 Å². The van der Waals surface area contributed by atoms with E-state index in [0.717, 1.165) is 16.0 Å². The largest absolute Gasteiger partial charge is 0.444 e. The average molecular weight is 459 g/mol. The van der Waals surface area contributed by atoms with Crippen LogP contribution in [0.5, 0.6) is 0 Å². The summed E-state index contributed by atoms with van der Waals surface area (Å²) in [4.78, 5) is 51.3. The van der Waals surface area contributed by atoms with Crippen molar-refractivity contribution in [3.8, 4) is 12.5 Å². The molecule has 33 heavy (non-hydrogen) atoms. The molecule has 9 nitrogen and oxygen atoms in total. The lowest BCUT2D eigenvalue weighted by Crippen LogP contribution is -2.53. The van der Waals surface area contributed by atoms with Crippen LogP contribution < -0.4 is 16.4 Å². The van der Waals surface area contributed by atoms with Gasteiger partial charge in [0.1, 0.15) is 17.7 Å². The molecule has 2 unspecified atom stereocenters. The lowest BCUT2D eigenvalue weighted by atomic mass is 9.98. The SMILES string of the molecule is C#CN(C(=O)C(CC(N)=O)NC(=O)OC(C)(C)C)C(C(=O)NC(C)C)c1cc(C)cc(C)c1. The molecule has 4 N–H and O–H groups in total. The molecule has 0 saturated heterocycles. The number of nitrogens with two attached hydrogens (primary N) is 1. The first-order chi connectivity index (χ1) is 15.1. The summed E-state index contributed by atoms with van der Waals surface area (Å²) in [6.45, 7) is 12.2. The second-order valence-electron chi connectivity index (χ2n) is 9.19. The van der Waals surface area contributed by atoms with Crippen LogP contribution in [0.4, 0.5) is 4.79 Å². The minimum Gasteiger partial charge on any atom is -0.444 e. The van der Waals surface area contributed by atoms with Gasteiger partial charge in [0.05, 0.1) is 6.42 Å². The Labute approximate surface area is 195 Å². The van der Waals surface area contributed by atoms with Gasteiger partial charge in [-0.3, -0.25) is 19.3 Å². The van der Waals surface area contributed by atoms with E-state index in [4.69, 9.17) is 16.9 Å². The first-order valence-corrected chi connectivity index (χ1v) is 10.6. The molecule has 0 aliphatic heterocycles. The number of terminal acetylenes is 1. The number of hydrogen-bond donors (Lipinski definition) is 3. The topological polar surface area (TPSA) is 131 Å². The average Bonchev–Trinajstić information content (AvgIpc) is 2.61. The van der Waals surface area contributed by atoms with Gasteiger partial charge in [-0.2, -0.15) is 0 Å². The van der Waals surface area contributed by atoms with Crippen molar-refractivity contribution >= 4 is 23.8 Å². The van der Waals surface area contributed by atoms with E-state index in [1.165, 1.54) is 0 Å². The van der Waals surface area contributed by atoms with Crippen molar-refractivity contribution in [1.82, 2.24) is 15.5 Å². The molecule has 1 rings (SSSR count). The zero-order valence-corrected chi connectivity index (χ0v) is 20.3. The van der Waals surface area contributed by atoms with Gasteiger partial charge in [-0.25, -0.2) is 4.79 Å². The van der Waals surface area contributed by atoms with Crippen LogP contribution in [-0.4, -0.2) is 46.4 Å². The molecule has 0 heterocycles. The highest BCUT2D eigenvalue weighted by Crippen LogP contribution is 2.25. The number of amides is 4. The van der Waals surface area contributed by atoms with E-state index >= 15 is 0 Å². The molecule has 0 bridgehead atoms. The fourth-order valence-corrected chi connectivity index (χ4v) is 3.23. The van der Waals surface area contributed by atoms with Crippen LogP contribution in [-0.2, 0) is 19.1 Å². The minimum absolute atomic E-state index is 0.220. The molecule has 9 heteroatoms. The molecule has 0 aromatic heterocycles. The maximum atomic E-state index is 13.4. The van der Waals surface area contributed by atoms with Crippen molar-refractivity contribution in [3.63, 3.8) is 0 Å². The van der Waals surface area contributed by atoms with E-state index in [2.05, 4.69) is 16.7 Å². The lowest BCUT2D eigenvalue weighted by Gasteiger charge is -2.30. The summed E-state index contributed by atoms with van der Waals surface area (Å²) in [5.41, 5.74) is 6.70. The van der Waals surface area contributed by atoms with Gasteiger partial charge in [-0.05, 0) is 54.0 Å². The molecule has 0 aliphatic carbocycles. The summed E-state index contributed by atoms with van der Waals surface area (Å²) in [5.74, 6) is -2.18. The number of hydrogen-bond acceptors (Lipinski definition) is 5. The molecule has 4 amide bonds. The molecule has 1 aromatic rings. The first-order valence-electron chi connectivity index (χ1n) is 10.6. The number of carbonyl (C=O) groups excluding carboxylic acids is 4. The fraction of sp³-hybridized carbons (Fsp3) is 0.500. The van der Waals surface area contributed by atoms with Gasteiger partial charge in [0.25, 0.3) is 5.91 Å². The van der Waals surface area contributed by atoms with E-state index in [1.807, 2.05) is 19.9 Å². The third-order valence-electron chi connectivity index (χ3n) is 4.27. The number of nitrogens with one attached hydrogen (secondary N) is 2. The lowest BCUT2D eigenvalue weighted by molar-refractivity contribution is -0.139. The van der Waals surface area contributed by atoms with Crippen LogP contribution in [0.15, 0.2) is 18.2 Å². The number of primary amides is 1. The Morgan fingerprint density at radius 2 is 1.64 bits per heavy atom. The number of alkyl carbamates (subject to hydrolysis) is 1. The third-order valence-corrected chi connectivity index (χ3v) is 4.27. The molecule has 180 valence electrons. The Morgan fingerprint density at radius 3 is 2.06 bits per heavy atom. The van der Waals surface area contributed by atoms with Crippen molar-refractivity contribution < 1.29 is 23.9 Å². The predicted molar refractivity (Wildman–Crippen MR) is 125 cm³/mol. The summed E-state index contributed by atoms with van der Waals surface area (Å²) in [6, 6.07) is 4.83. The second-order valence-corrected chi connectivity index (χ2v) is 9.19. The van der Waals surface area contributed by atoms with Crippen molar-refractivity contribution in [2.75, 3.05) is 0 Å². The molecule has 0 saturated carbocycles. The summed E-state index contributed by atoms with van der Waals surface area (Å²) in [7, 11) is 0. The van der Waals surface area contributed by atoms with E-state index < -0.39 is 47.9 Å². The van der Waals surface area contributed by atoms with E-state index in [0.29, 0.717) is 5.56 Å². The van der Waals surface area contributed by atoms with E-state index in [1.54, 1.807) is 46.8 Å². The number of aryl methyl sites for hydroxylation is 2. The van der Waals surface area contributed by atoms with Gasteiger partial charge in [0.15, 0.2) is 0 Å². The van der Waals surface area contributed by atoms with Crippen LogP contribution in [0.3, 0.4) is 0 Å². The molecule has 0 radical (unpaired) electrons. The fourth-order valence-electron chi connectivity index (χ4n) is 3.23. The van der Waals surface area contributed by atoms with Crippen molar-refractivity contribution in [1.29, 1.82) is 0 Å². The number of nitrogens with zero attached hydrogens (tertiary/aromatic N) is 1. The van der Waals surface area contributed by atoms with Crippen LogP contribution >= 0.6 is 0 Å². The molecular weight excluding hydrogens is 424 g/mol. The zero-order valence-electron chi connectivity index (χ0n) is 20.3. The Morgan fingerprint density at radius 1 is 1.09 bits per heavy atom. The summed E-state index contributed by atoms with van der Waals surface area (Å²) in [5, 5.41) is 5.12. The maximum Gasteiger partial charge on any atom is 0.408 e. The summed E-state index contributed by atoms with van der Waals surface area (Å²) >= 11 is 0. The highest BCUT2D eigenvalue weighted by molar-refractivity contribution is 5.95. The number of rotatable bonds is 8. The van der Waals surface area contributed by atoms with Crippen molar-refractivity contribution in [3.05, 3.63) is 34.9 Å². The van der Waals surface area contributed by atoms with Crippen LogP contribution in [0, 0.1) is 26.3 Å². The van der Waals surface area contributed by atoms with Crippen molar-refractivity contribution in [2.24, 2.45) is 5.73 Å². The standard InChI is InChI=1S/C24H34N4O5/c1-9-28(22(31)18(13-19(25)29)27-23(32)33-24(6,7)8)20(21(30)26-14(2)3)17-11-15(4)10-16(5)12-17/h1,10-12,14,18,20H,13H2,2-8H3,(H2,25,29)(H,26,30)(H,27,32). The van der Waals surface area contributed by atoms with E-state index in [9.17, 15) is 19.2 Å². The number of carbonyl (C=O) groups is 4. The predicted octanol–water partition coefficient (Wildman–Crippen LogP) is 2.06. The quantitative estimate of drug-likeness (QED) is 0.405. The third kappa shape index (κ3) is 8.85. The molecule has 0 aliphatic rings. The maximum absolute atomic E-state index is 13.4. The summed E-state index contributed by atoms with van der Waals surface area (Å²) < 4.78 is 5.19. The molecule has 1 aromatic carbocycles. The van der Waals surface area contributed by atoms with E-state index in [-0.39, 0.29) is 6.04 Å². The highest BCUT2D eigenvalue weighted by Gasteiger charge is 2.36. The second kappa shape index (κ2) is 11.4. The van der Waals surface area contributed by atoms with Crippen molar-refractivity contribution in [2.45, 2.75) is 78.6 Å². The Balaban J connectivity index is 3.44. The Hall–Kier alpha value is -3.54. The van der Waals surface area contributed by atoms with Crippen LogP contribution in [0.2, 0.25) is 0 Å². The molecule has 0 fully saturated rings. The molecule has 0 spiro atoms. The number of ether oxygens (including phenoxy) is 1. The van der Waals surface area contributed by atoms with Gasteiger partial charge in [-0.15, -0.1) is 0 Å². The van der Waals surface area contributed by atoms with Gasteiger partial charge in [-0.1, -0.05) is 35.7 Å². The number of benzene rings is 1. The minimum atomic E-state index is -1.42. The Bertz CT molecular complexity index is 923. The van der Waals surface area contributed by atoms with Gasteiger partial charge < -0.3 is 21.1 Å². The van der Waals surface area contributed by atoms with Crippen LogP contribution in [0.1, 0.15) is 63.8 Å². The highest BCUT2D eigenvalue weighted by atomic mass is 16.6. The summed E-state index contributed by atoms with van der Waals surface area (Å²) in [6.07, 6.45) is 4.22.